The Labute approximate surface area is 147 Å². The maximum atomic E-state index is 13.5. The molecule has 6 nitrogen and oxygen atoms in total. The maximum absolute atomic E-state index is 13.5. The third-order valence-corrected chi connectivity index (χ3v) is 6.11. The summed E-state index contributed by atoms with van der Waals surface area (Å²) in [4.78, 5) is -2.44. The summed E-state index contributed by atoms with van der Waals surface area (Å²) < 4.78 is 105. The molecular formula is C14H12F4N2O4S2. The van der Waals surface area contributed by atoms with Crippen LogP contribution in [0.3, 0.4) is 0 Å². The monoisotopic (exact) mass is 412 g/mol. The van der Waals surface area contributed by atoms with E-state index < -0.39 is 66.2 Å². The van der Waals surface area contributed by atoms with E-state index in [2.05, 4.69) is 0 Å². The number of halogens is 4. The van der Waals surface area contributed by atoms with E-state index in [0.29, 0.717) is 0 Å². The summed E-state index contributed by atoms with van der Waals surface area (Å²) in [5.74, 6) is -5.31. The Bertz CT molecular complexity index is 903. The van der Waals surface area contributed by atoms with Gasteiger partial charge in [-0.2, -0.15) is 0 Å². The average Bonchev–Trinajstić information content (AvgIpc) is 2.51. The number of rotatable bonds is 7. The van der Waals surface area contributed by atoms with E-state index in [9.17, 15) is 34.4 Å². The first-order valence-electron chi connectivity index (χ1n) is 6.93. The second kappa shape index (κ2) is 7.70. The van der Waals surface area contributed by atoms with E-state index in [4.69, 9.17) is 0 Å². The van der Waals surface area contributed by atoms with Crippen molar-refractivity contribution in [3.8, 4) is 0 Å². The van der Waals surface area contributed by atoms with E-state index in [-0.39, 0.29) is 0 Å². The van der Waals surface area contributed by atoms with Crippen molar-refractivity contribution in [2.45, 2.75) is 9.79 Å². The van der Waals surface area contributed by atoms with Crippen LogP contribution in [0.5, 0.6) is 0 Å². The second-order valence-corrected chi connectivity index (χ2v) is 8.30. The van der Waals surface area contributed by atoms with Gasteiger partial charge in [0.15, 0.2) is 9.79 Å². The van der Waals surface area contributed by atoms with Gasteiger partial charge in [-0.3, -0.25) is 0 Å². The van der Waals surface area contributed by atoms with Gasteiger partial charge in [-0.1, -0.05) is 12.1 Å². The van der Waals surface area contributed by atoms with E-state index in [1.807, 2.05) is 0 Å². The van der Waals surface area contributed by atoms with Crippen molar-refractivity contribution in [2.75, 3.05) is 13.1 Å². The molecule has 0 aliphatic carbocycles. The van der Waals surface area contributed by atoms with Gasteiger partial charge >= 0.3 is 0 Å². The Morgan fingerprint density at radius 1 is 0.615 bits per heavy atom. The zero-order chi connectivity index (χ0) is 19.5. The third-order valence-electron chi connectivity index (χ3n) is 3.08. The summed E-state index contributed by atoms with van der Waals surface area (Å²) in [6, 6.07) is 4.90. The zero-order valence-corrected chi connectivity index (χ0v) is 14.5. The van der Waals surface area contributed by atoms with Crippen LogP contribution in [-0.4, -0.2) is 29.9 Å². The molecule has 0 unspecified atom stereocenters. The molecule has 0 fully saturated rings. The Morgan fingerprint density at radius 2 is 0.885 bits per heavy atom. The maximum Gasteiger partial charge on any atom is 0.246 e. The summed E-state index contributed by atoms with van der Waals surface area (Å²) in [7, 11) is -9.21. The molecule has 0 saturated heterocycles. The summed E-state index contributed by atoms with van der Waals surface area (Å²) in [6.45, 7) is -1.24. The molecule has 0 spiro atoms. The van der Waals surface area contributed by atoms with Gasteiger partial charge in [-0.25, -0.2) is 43.8 Å². The minimum Gasteiger partial charge on any atom is -0.210 e. The summed E-state index contributed by atoms with van der Waals surface area (Å²) >= 11 is 0. The van der Waals surface area contributed by atoms with Gasteiger partial charge in [-0.15, -0.1) is 0 Å². The van der Waals surface area contributed by atoms with Gasteiger partial charge in [0.2, 0.25) is 20.0 Å². The van der Waals surface area contributed by atoms with Crippen LogP contribution in [-0.2, 0) is 20.0 Å². The predicted octanol–water partition coefficient (Wildman–Crippen LogP) is 1.50. The first-order chi connectivity index (χ1) is 12.1. The topological polar surface area (TPSA) is 92.3 Å². The molecule has 2 rings (SSSR count). The molecule has 0 heterocycles. The highest BCUT2D eigenvalue weighted by atomic mass is 32.2. The van der Waals surface area contributed by atoms with Crippen LogP contribution in [0.15, 0.2) is 46.2 Å². The molecule has 2 aromatic carbocycles. The van der Waals surface area contributed by atoms with E-state index in [0.717, 1.165) is 36.4 Å². The van der Waals surface area contributed by atoms with Crippen molar-refractivity contribution in [1.29, 1.82) is 0 Å². The lowest BCUT2D eigenvalue weighted by Crippen LogP contribution is -2.35. The van der Waals surface area contributed by atoms with Crippen LogP contribution < -0.4 is 9.44 Å². The number of nitrogens with one attached hydrogen (secondary N) is 2. The van der Waals surface area contributed by atoms with Crippen LogP contribution in [0.25, 0.3) is 0 Å². The first kappa shape index (κ1) is 20.3. The average molecular weight is 412 g/mol. The van der Waals surface area contributed by atoms with Crippen LogP contribution in [0, 0.1) is 23.3 Å². The van der Waals surface area contributed by atoms with Crippen LogP contribution >= 0.6 is 0 Å². The molecule has 0 atom stereocenters. The molecule has 2 aromatic rings. The van der Waals surface area contributed by atoms with Crippen molar-refractivity contribution in [2.24, 2.45) is 0 Å². The molecule has 12 heteroatoms. The third kappa shape index (κ3) is 4.38. The van der Waals surface area contributed by atoms with Crippen molar-refractivity contribution in [3.05, 3.63) is 59.7 Å². The van der Waals surface area contributed by atoms with E-state index in [1.54, 1.807) is 9.44 Å². The molecular weight excluding hydrogens is 400 g/mol. The molecule has 0 bridgehead atoms. The van der Waals surface area contributed by atoms with Gasteiger partial charge < -0.3 is 0 Å². The van der Waals surface area contributed by atoms with Crippen molar-refractivity contribution in [1.82, 2.24) is 9.44 Å². The van der Waals surface area contributed by atoms with Gasteiger partial charge in [0.1, 0.15) is 23.3 Å². The highest BCUT2D eigenvalue weighted by Crippen LogP contribution is 2.19. The molecule has 2 N–H and O–H groups in total. The van der Waals surface area contributed by atoms with Gasteiger partial charge in [-0.05, 0) is 24.3 Å². The van der Waals surface area contributed by atoms with Crippen LogP contribution in [0.1, 0.15) is 0 Å². The highest BCUT2D eigenvalue weighted by Gasteiger charge is 2.25. The van der Waals surface area contributed by atoms with E-state index >= 15 is 0 Å². The summed E-state index contributed by atoms with van der Waals surface area (Å²) in [5.41, 5.74) is 0. The summed E-state index contributed by atoms with van der Waals surface area (Å²) in [6.07, 6.45) is 0. The number of hydrogen-bond acceptors (Lipinski definition) is 4. The Morgan fingerprint density at radius 3 is 1.15 bits per heavy atom. The van der Waals surface area contributed by atoms with Crippen LogP contribution in [0.4, 0.5) is 17.6 Å². The minimum absolute atomic E-state index is 0.620. The fourth-order valence-corrected chi connectivity index (χ4v) is 4.32. The van der Waals surface area contributed by atoms with Gasteiger partial charge in [0, 0.05) is 13.1 Å². The fraction of sp³-hybridized carbons (Fsp3) is 0.143. The number of hydrogen-bond donors (Lipinski definition) is 2. The quantitative estimate of drug-likeness (QED) is 0.533. The second-order valence-electron chi connectivity index (χ2n) is 4.90. The molecule has 0 radical (unpaired) electrons. The van der Waals surface area contributed by atoms with E-state index in [1.165, 1.54) is 0 Å². The molecule has 142 valence electrons. The normalized spacial score (nSPS) is 12.3. The zero-order valence-electron chi connectivity index (χ0n) is 12.8. The molecule has 0 aliphatic heterocycles. The molecule has 0 amide bonds. The fourth-order valence-electron chi connectivity index (χ4n) is 1.99. The Balaban J connectivity index is 2.07. The molecule has 0 aliphatic rings. The Kier molecular flexibility index (Phi) is 6.01. The molecule has 0 aromatic heterocycles. The van der Waals surface area contributed by atoms with Crippen molar-refractivity contribution >= 4 is 20.0 Å². The molecule has 26 heavy (non-hydrogen) atoms. The largest absolute Gasteiger partial charge is 0.246 e. The van der Waals surface area contributed by atoms with Crippen molar-refractivity contribution in [3.63, 3.8) is 0 Å². The minimum atomic E-state index is -4.60. The smallest absolute Gasteiger partial charge is 0.210 e. The van der Waals surface area contributed by atoms with Gasteiger partial charge in [0.25, 0.3) is 0 Å². The first-order valence-corrected chi connectivity index (χ1v) is 9.90. The van der Waals surface area contributed by atoms with Crippen LogP contribution in [0.2, 0.25) is 0 Å². The predicted molar refractivity (Wildman–Crippen MR) is 83.1 cm³/mol. The number of sulfonamides is 2. The lowest BCUT2D eigenvalue weighted by molar-refractivity contribution is 0.508. The molecule has 0 saturated carbocycles. The SMILES string of the molecule is O=S(=O)(NCCNS(=O)(=O)c1c(F)cccc1F)c1c(F)cccc1F. The Hall–Kier alpha value is -2.02. The highest BCUT2D eigenvalue weighted by molar-refractivity contribution is 7.90. The standard InChI is InChI=1S/C14H12F4N2O4S2/c15-9-3-1-4-10(16)13(9)25(21,22)19-7-8-20-26(23,24)14-11(17)5-2-6-12(14)18/h1-6,19-20H,7-8H2. The lowest BCUT2D eigenvalue weighted by Gasteiger charge is -2.10. The lowest BCUT2D eigenvalue weighted by atomic mass is 10.3. The number of benzene rings is 2. The van der Waals surface area contributed by atoms with Gasteiger partial charge in [0.05, 0.1) is 0 Å². The summed E-state index contributed by atoms with van der Waals surface area (Å²) in [5, 5.41) is 0. The van der Waals surface area contributed by atoms with Crippen molar-refractivity contribution < 1.29 is 34.4 Å².